The van der Waals surface area contributed by atoms with Crippen molar-refractivity contribution in [2.24, 2.45) is 5.92 Å². The molecule has 1 saturated heterocycles. The van der Waals surface area contributed by atoms with E-state index in [1.54, 1.807) is 0 Å². The van der Waals surface area contributed by atoms with Gasteiger partial charge >= 0.3 is 37.7 Å². The van der Waals surface area contributed by atoms with Gasteiger partial charge in [-0.15, -0.1) is 0 Å². The van der Waals surface area contributed by atoms with Gasteiger partial charge < -0.3 is 0 Å². The van der Waals surface area contributed by atoms with Crippen molar-refractivity contribution in [3.63, 3.8) is 0 Å². The Balaban J connectivity index is 0.00000208. The fraction of sp³-hybridized carbons (Fsp3) is 0.263. The summed E-state index contributed by atoms with van der Waals surface area (Å²) in [6, 6.07) is 18.7. The summed E-state index contributed by atoms with van der Waals surface area (Å²) in [4.78, 5) is 25.7. The topological polar surface area (TPSA) is 40.6 Å². The van der Waals surface area contributed by atoms with E-state index in [2.05, 4.69) is 6.92 Å². The van der Waals surface area contributed by atoms with Gasteiger partial charge in [-0.2, -0.15) is 0 Å². The number of carbonyl (C=O) groups excluding carboxylic acids is 2. The molecule has 0 aliphatic carbocycles. The molecule has 0 atom stereocenters. The number of carbonyl (C=O) groups is 2. The molecule has 1 aliphatic rings. The summed E-state index contributed by atoms with van der Waals surface area (Å²) in [5.41, 5.74) is 1.43. The van der Waals surface area contributed by atoms with Crippen molar-refractivity contribution in [3.05, 3.63) is 60.7 Å². The van der Waals surface area contributed by atoms with Crippen molar-refractivity contribution in [2.75, 3.05) is 10.0 Å². The summed E-state index contributed by atoms with van der Waals surface area (Å²) in [6.45, 7) is 2.06. The van der Waals surface area contributed by atoms with Gasteiger partial charge in [0.2, 0.25) is 0 Å². The fourth-order valence-corrected chi connectivity index (χ4v) is 2.88. The largest absolute Gasteiger partial charge is 2.00 e. The second kappa shape index (κ2) is 8.65. The van der Waals surface area contributed by atoms with Gasteiger partial charge in [0.1, 0.15) is 5.92 Å². The molecule has 2 aromatic carbocycles. The van der Waals surface area contributed by atoms with Crippen molar-refractivity contribution in [3.8, 4) is 0 Å². The van der Waals surface area contributed by atoms with Gasteiger partial charge in [-0.1, -0.05) is 56.2 Å². The van der Waals surface area contributed by atoms with E-state index in [0.29, 0.717) is 17.8 Å². The molecule has 4 nitrogen and oxygen atoms in total. The number of rotatable bonds is 5. The van der Waals surface area contributed by atoms with Crippen LogP contribution in [0, 0.1) is 5.92 Å². The van der Waals surface area contributed by atoms with Crippen LogP contribution in [-0.4, -0.2) is 49.6 Å². The quantitative estimate of drug-likeness (QED) is 0.614. The molecule has 0 aromatic heterocycles. The number of hydrogen-bond acceptors (Lipinski definition) is 2. The predicted octanol–water partition coefficient (Wildman–Crippen LogP) is 3.41. The van der Waals surface area contributed by atoms with Gasteiger partial charge in [-0.05, 0) is 30.7 Å². The molecule has 0 N–H and O–H groups in total. The second-order valence-electron chi connectivity index (χ2n) is 5.67. The normalized spacial score (nSPS) is 14.9. The molecule has 1 aliphatic heterocycles. The maximum Gasteiger partial charge on any atom is 2.00 e. The summed E-state index contributed by atoms with van der Waals surface area (Å²) in [6.07, 6.45) is 2.43. The molecule has 0 spiro atoms. The van der Waals surface area contributed by atoms with Crippen molar-refractivity contribution >= 4 is 60.9 Å². The number of amides is 2. The van der Waals surface area contributed by atoms with Crippen LogP contribution in [0.15, 0.2) is 60.7 Å². The molecule has 2 amide bonds. The first-order valence-corrected chi connectivity index (χ1v) is 8.02. The molecule has 2 aromatic rings. The van der Waals surface area contributed by atoms with Crippen molar-refractivity contribution < 1.29 is 9.59 Å². The number of para-hydroxylation sites is 2. The van der Waals surface area contributed by atoms with E-state index >= 15 is 0 Å². The van der Waals surface area contributed by atoms with Gasteiger partial charge in [0, 0.05) is 0 Å². The summed E-state index contributed by atoms with van der Waals surface area (Å²) in [7, 11) is 0. The molecule has 118 valence electrons. The SMILES string of the molecule is CCCCC1C(=O)N(c2ccccc2)N(c2ccccc2)C1=O.[Ca+2]. The number of hydrazine groups is 1. The Kier molecular flexibility index (Phi) is 6.84. The van der Waals surface area contributed by atoms with E-state index in [4.69, 9.17) is 0 Å². The first-order valence-electron chi connectivity index (χ1n) is 8.02. The molecule has 1 fully saturated rings. The molecule has 0 bridgehead atoms. The van der Waals surface area contributed by atoms with Crippen LogP contribution in [0.25, 0.3) is 0 Å². The number of hydrogen-bond donors (Lipinski definition) is 0. The zero-order valence-corrected chi connectivity index (χ0v) is 16.1. The number of unbranched alkanes of at least 4 members (excludes halogenated alkanes) is 1. The summed E-state index contributed by atoms with van der Waals surface area (Å²) >= 11 is 0. The van der Waals surface area contributed by atoms with Gasteiger partial charge in [0.05, 0.1) is 11.4 Å². The third-order valence-corrected chi connectivity index (χ3v) is 4.06. The Morgan fingerprint density at radius 3 is 1.58 bits per heavy atom. The molecule has 1 heterocycles. The third-order valence-electron chi connectivity index (χ3n) is 4.06. The Bertz CT molecular complexity index is 634. The minimum atomic E-state index is -0.588. The average molecular weight is 348 g/mol. The van der Waals surface area contributed by atoms with Crippen LogP contribution in [0.4, 0.5) is 11.4 Å². The van der Waals surface area contributed by atoms with Crippen molar-refractivity contribution in [2.45, 2.75) is 26.2 Å². The Morgan fingerprint density at radius 1 is 0.792 bits per heavy atom. The maximum atomic E-state index is 12.9. The predicted molar refractivity (Wildman–Crippen MR) is 96.6 cm³/mol. The Hall–Kier alpha value is -1.36. The molecule has 5 heteroatoms. The number of anilines is 2. The molecule has 0 saturated carbocycles. The minimum absolute atomic E-state index is 0. The van der Waals surface area contributed by atoms with Crippen molar-refractivity contribution in [1.82, 2.24) is 0 Å². The first-order chi connectivity index (χ1) is 11.2. The van der Waals surface area contributed by atoms with E-state index in [9.17, 15) is 9.59 Å². The molecule has 24 heavy (non-hydrogen) atoms. The standard InChI is InChI=1S/C19H20N2O2.Ca/c1-2-3-14-17-18(22)20(15-10-6-4-7-11-15)21(19(17)23)16-12-8-5-9-13-16;/h4-13,17H,2-3,14H2,1H3;/q;+2. The van der Waals surface area contributed by atoms with E-state index in [0.717, 1.165) is 12.8 Å². The third kappa shape index (κ3) is 3.66. The number of benzene rings is 2. The Morgan fingerprint density at radius 2 is 1.21 bits per heavy atom. The van der Waals surface area contributed by atoms with Gasteiger partial charge in [0.25, 0.3) is 11.8 Å². The summed E-state index contributed by atoms with van der Waals surface area (Å²) < 4.78 is 0. The molecule has 0 unspecified atom stereocenters. The summed E-state index contributed by atoms with van der Waals surface area (Å²) in [5, 5.41) is 3.02. The van der Waals surface area contributed by atoms with Crippen LogP contribution in [0.2, 0.25) is 0 Å². The van der Waals surface area contributed by atoms with Gasteiger partial charge in [-0.25, -0.2) is 10.0 Å². The van der Waals surface area contributed by atoms with Crippen LogP contribution in [-0.2, 0) is 9.59 Å². The van der Waals surface area contributed by atoms with Crippen LogP contribution < -0.4 is 10.0 Å². The molecule has 3 rings (SSSR count). The van der Waals surface area contributed by atoms with E-state index < -0.39 is 5.92 Å². The monoisotopic (exact) mass is 348 g/mol. The molecule has 0 radical (unpaired) electrons. The van der Waals surface area contributed by atoms with Crippen LogP contribution in [0.5, 0.6) is 0 Å². The molecular formula is C19H20CaN2O2+2. The van der Waals surface area contributed by atoms with Crippen LogP contribution >= 0.6 is 0 Å². The zero-order chi connectivity index (χ0) is 16.2. The van der Waals surface area contributed by atoms with Crippen LogP contribution in [0.1, 0.15) is 26.2 Å². The van der Waals surface area contributed by atoms with Crippen molar-refractivity contribution in [1.29, 1.82) is 0 Å². The Labute approximate surface area is 172 Å². The van der Waals surface area contributed by atoms with Gasteiger partial charge in [0.15, 0.2) is 0 Å². The van der Waals surface area contributed by atoms with E-state index in [1.165, 1.54) is 10.0 Å². The minimum Gasteiger partial charge on any atom is -0.272 e. The summed E-state index contributed by atoms with van der Waals surface area (Å²) in [5.74, 6) is -0.868. The first kappa shape index (κ1) is 19.0. The van der Waals surface area contributed by atoms with E-state index in [-0.39, 0.29) is 49.6 Å². The molecular weight excluding hydrogens is 328 g/mol. The number of nitrogens with zero attached hydrogens (tertiary/aromatic N) is 2. The maximum absolute atomic E-state index is 12.9. The fourth-order valence-electron chi connectivity index (χ4n) is 2.88. The van der Waals surface area contributed by atoms with E-state index in [1.807, 2.05) is 60.7 Å². The smallest absolute Gasteiger partial charge is 0.272 e. The second-order valence-corrected chi connectivity index (χ2v) is 5.67. The van der Waals surface area contributed by atoms with Gasteiger partial charge in [-0.3, -0.25) is 9.59 Å². The zero-order valence-electron chi connectivity index (χ0n) is 13.9. The average Bonchev–Trinajstić information content (AvgIpc) is 2.85. The van der Waals surface area contributed by atoms with Crippen LogP contribution in [0.3, 0.4) is 0 Å².